The zero-order valence-electron chi connectivity index (χ0n) is 14.2. The highest BCUT2D eigenvalue weighted by Crippen LogP contribution is 2.26. The van der Waals surface area contributed by atoms with Gasteiger partial charge in [-0.05, 0) is 49.2 Å². The Labute approximate surface area is 146 Å². The number of aromatic nitrogens is 2. The first kappa shape index (κ1) is 15.3. The maximum absolute atomic E-state index is 12.9. The molecule has 25 heavy (non-hydrogen) atoms. The van der Waals surface area contributed by atoms with Crippen molar-refractivity contribution in [1.29, 1.82) is 0 Å². The molecule has 1 aromatic heterocycles. The van der Waals surface area contributed by atoms with Gasteiger partial charge in [-0.1, -0.05) is 48.5 Å². The molecule has 3 nitrogen and oxygen atoms in total. The average Bonchev–Trinajstić information content (AvgIpc) is 2.65. The van der Waals surface area contributed by atoms with Crippen molar-refractivity contribution in [3.05, 3.63) is 94.3 Å². The Morgan fingerprint density at radius 2 is 1.44 bits per heavy atom. The van der Waals surface area contributed by atoms with Crippen molar-refractivity contribution in [1.82, 2.24) is 9.78 Å². The van der Waals surface area contributed by atoms with Crippen molar-refractivity contribution in [2.45, 2.75) is 13.8 Å². The van der Waals surface area contributed by atoms with E-state index in [1.54, 1.807) is 0 Å². The van der Waals surface area contributed by atoms with E-state index in [1.165, 1.54) is 15.8 Å². The summed E-state index contributed by atoms with van der Waals surface area (Å²) >= 11 is 0. The van der Waals surface area contributed by atoms with Gasteiger partial charge in [-0.2, -0.15) is 9.78 Å². The Balaban J connectivity index is 2.08. The van der Waals surface area contributed by atoms with Gasteiger partial charge in [-0.15, -0.1) is 0 Å². The van der Waals surface area contributed by atoms with E-state index in [2.05, 4.69) is 32.0 Å². The Morgan fingerprint density at radius 3 is 2.16 bits per heavy atom. The molecule has 4 rings (SSSR count). The summed E-state index contributed by atoms with van der Waals surface area (Å²) in [6.45, 7) is 4.18. The predicted molar refractivity (Wildman–Crippen MR) is 102 cm³/mol. The van der Waals surface area contributed by atoms with Crippen LogP contribution in [0, 0.1) is 13.8 Å². The number of para-hydroxylation sites is 1. The minimum absolute atomic E-state index is 0.102. The van der Waals surface area contributed by atoms with Gasteiger partial charge in [-0.3, -0.25) is 4.79 Å². The summed E-state index contributed by atoms with van der Waals surface area (Å²) in [5.74, 6) is 0. The van der Waals surface area contributed by atoms with Crippen LogP contribution in [0.1, 0.15) is 11.1 Å². The molecule has 3 heteroatoms. The van der Waals surface area contributed by atoms with E-state index in [-0.39, 0.29) is 5.56 Å². The van der Waals surface area contributed by atoms with E-state index in [9.17, 15) is 4.79 Å². The van der Waals surface area contributed by atoms with Crippen LogP contribution in [-0.2, 0) is 0 Å². The molecular formula is C22H18N2O. The number of benzene rings is 3. The number of aryl methyl sites for hydroxylation is 2. The molecule has 122 valence electrons. The Hall–Kier alpha value is -3.20. The summed E-state index contributed by atoms with van der Waals surface area (Å²) in [5, 5.41) is 6.27. The van der Waals surface area contributed by atoms with Crippen molar-refractivity contribution < 1.29 is 0 Å². The first-order valence-corrected chi connectivity index (χ1v) is 8.30. The molecule has 0 aliphatic rings. The number of hydrogen-bond acceptors (Lipinski definition) is 2. The van der Waals surface area contributed by atoms with Crippen molar-refractivity contribution >= 4 is 10.8 Å². The standard InChI is InChI=1S/C22H18N2O/c1-15-12-13-17(14-16(15)2)21-19-10-6-7-11-20(19)22(25)24(23-21)18-8-4-3-5-9-18/h3-14H,1-2H3. The molecule has 0 spiro atoms. The topological polar surface area (TPSA) is 34.9 Å². The number of hydrogen-bond donors (Lipinski definition) is 0. The molecule has 0 bridgehead atoms. The van der Waals surface area contributed by atoms with E-state index in [0.29, 0.717) is 5.39 Å². The highest BCUT2D eigenvalue weighted by molar-refractivity contribution is 5.94. The van der Waals surface area contributed by atoms with Crippen LogP contribution in [0.2, 0.25) is 0 Å². The molecule has 0 radical (unpaired) electrons. The number of nitrogens with zero attached hydrogens (tertiary/aromatic N) is 2. The van der Waals surface area contributed by atoms with Gasteiger partial charge in [-0.25, -0.2) is 0 Å². The third-order valence-corrected chi connectivity index (χ3v) is 4.59. The van der Waals surface area contributed by atoms with Crippen molar-refractivity contribution in [2.75, 3.05) is 0 Å². The average molecular weight is 326 g/mol. The summed E-state index contributed by atoms with van der Waals surface area (Å²) in [4.78, 5) is 12.9. The molecular weight excluding hydrogens is 308 g/mol. The van der Waals surface area contributed by atoms with Crippen LogP contribution in [-0.4, -0.2) is 9.78 Å². The molecule has 0 amide bonds. The van der Waals surface area contributed by atoms with Crippen LogP contribution >= 0.6 is 0 Å². The highest BCUT2D eigenvalue weighted by atomic mass is 16.1. The lowest BCUT2D eigenvalue weighted by molar-refractivity contribution is 0.826. The van der Waals surface area contributed by atoms with Gasteiger partial charge in [0.15, 0.2) is 0 Å². The van der Waals surface area contributed by atoms with Crippen molar-refractivity contribution in [2.24, 2.45) is 0 Å². The predicted octanol–water partition coefficient (Wildman–Crippen LogP) is 4.67. The molecule has 0 atom stereocenters. The third-order valence-electron chi connectivity index (χ3n) is 4.59. The van der Waals surface area contributed by atoms with Crippen LogP contribution < -0.4 is 5.56 Å². The van der Waals surface area contributed by atoms with Gasteiger partial charge < -0.3 is 0 Å². The van der Waals surface area contributed by atoms with E-state index >= 15 is 0 Å². The summed E-state index contributed by atoms with van der Waals surface area (Å²) in [6.07, 6.45) is 0. The third kappa shape index (κ3) is 2.64. The molecule has 1 heterocycles. The second kappa shape index (κ2) is 6.02. The Bertz CT molecular complexity index is 1130. The Kier molecular flexibility index (Phi) is 3.69. The maximum Gasteiger partial charge on any atom is 0.279 e. The number of fused-ring (bicyclic) bond motifs is 1. The molecule has 0 aliphatic carbocycles. The molecule has 3 aromatic carbocycles. The minimum atomic E-state index is -0.102. The van der Waals surface area contributed by atoms with Crippen LogP contribution in [0.3, 0.4) is 0 Å². The summed E-state index contributed by atoms with van der Waals surface area (Å²) in [5.41, 5.74) is 4.95. The largest absolute Gasteiger partial charge is 0.279 e. The SMILES string of the molecule is Cc1ccc(-c2nn(-c3ccccc3)c(=O)c3ccccc23)cc1C. The first-order chi connectivity index (χ1) is 12.1. The van der Waals surface area contributed by atoms with Crippen LogP contribution in [0.15, 0.2) is 77.6 Å². The first-order valence-electron chi connectivity index (χ1n) is 8.30. The lowest BCUT2D eigenvalue weighted by atomic mass is 10.0. The zero-order chi connectivity index (χ0) is 17.4. The fourth-order valence-corrected chi connectivity index (χ4v) is 3.04. The summed E-state index contributed by atoms with van der Waals surface area (Å²) in [6, 6.07) is 23.5. The summed E-state index contributed by atoms with van der Waals surface area (Å²) < 4.78 is 1.49. The van der Waals surface area contributed by atoms with Gasteiger partial charge in [0.25, 0.3) is 5.56 Å². The summed E-state index contributed by atoms with van der Waals surface area (Å²) in [7, 11) is 0. The second-order valence-corrected chi connectivity index (χ2v) is 6.25. The molecule has 0 saturated carbocycles. The van der Waals surface area contributed by atoms with E-state index in [4.69, 9.17) is 5.10 Å². The van der Waals surface area contributed by atoms with Crippen molar-refractivity contribution in [3.63, 3.8) is 0 Å². The molecule has 0 unspecified atom stereocenters. The van der Waals surface area contributed by atoms with Gasteiger partial charge in [0.1, 0.15) is 0 Å². The highest BCUT2D eigenvalue weighted by Gasteiger charge is 2.13. The minimum Gasteiger partial charge on any atom is -0.267 e. The van der Waals surface area contributed by atoms with Crippen molar-refractivity contribution in [3.8, 4) is 16.9 Å². The van der Waals surface area contributed by atoms with E-state index < -0.39 is 0 Å². The fourth-order valence-electron chi connectivity index (χ4n) is 3.04. The smallest absolute Gasteiger partial charge is 0.267 e. The van der Waals surface area contributed by atoms with E-state index in [0.717, 1.165) is 22.3 Å². The van der Waals surface area contributed by atoms with E-state index in [1.807, 2.05) is 54.6 Å². The van der Waals surface area contributed by atoms with Gasteiger partial charge in [0.2, 0.25) is 0 Å². The lowest BCUT2D eigenvalue weighted by Crippen LogP contribution is -2.22. The second-order valence-electron chi connectivity index (χ2n) is 6.25. The molecule has 0 N–H and O–H groups in total. The molecule has 0 saturated heterocycles. The molecule has 0 aliphatic heterocycles. The molecule has 0 fully saturated rings. The molecule has 4 aromatic rings. The number of rotatable bonds is 2. The van der Waals surface area contributed by atoms with Crippen LogP contribution in [0.25, 0.3) is 27.7 Å². The Morgan fingerprint density at radius 1 is 0.760 bits per heavy atom. The van der Waals surface area contributed by atoms with Crippen LogP contribution in [0.4, 0.5) is 0 Å². The monoisotopic (exact) mass is 326 g/mol. The van der Waals surface area contributed by atoms with Gasteiger partial charge >= 0.3 is 0 Å². The zero-order valence-corrected chi connectivity index (χ0v) is 14.2. The lowest BCUT2D eigenvalue weighted by Gasteiger charge is -2.12. The van der Waals surface area contributed by atoms with Gasteiger partial charge in [0, 0.05) is 10.9 Å². The fraction of sp³-hybridized carbons (Fsp3) is 0.0909. The van der Waals surface area contributed by atoms with Gasteiger partial charge in [0.05, 0.1) is 16.8 Å². The normalized spacial score (nSPS) is 11.0. The quantitative estimate of drug-likeness (QED) is 0.536. The maximum atomic E-state index is 12.9. The van der Waals surface area contributed by atoms with Crippen LogP contribution in [0.5, 0.6) is 0 Å².